The molecule has 0 N–H and O–H groups in total. The lowest BCUT2D eigenvalue weighted by molar-refractivity contribution is 0.0377. The van der Waals surface area contributed by atoms with E-state index in [1.54, 1.807) is 12.2 Å². The molecule has 6 heteroatoms. The van der Waals surface area contributed by atoms with Gasteiger partial charge in [0.15, 0.2) is 0 Å². The number of rotatable bonds is 4. The summed E-state index contributed by atoms with van der Waals surface area (Å²) in [5, 5.41) is 0. The lowest BCUT2D eigenvalue weighted by atomic mass is 9.56. The molecule has 0 saturated heterocycles. The maximum atomic E-state index is 10.8. The van der Waals surface area contributed by atoms with E-state index in [-0.39, 0.29) is 17.9 Å². The van der Waals surface area contributed by atoms with E-state index in [2.05, 4.69) is 15.0 Å². The zero-order valence-electron chi connectivity index (χ0n) is 12.3. The molecule has 3 atom stereocenters. The summed E-state index contributed by atoms with van der Waals surface area (Å²) in [6, 6.07) is 0. The quantitative estimate of drug-likeness (QED) is 0.581. The molecule has 0 bridgehead atoms. The predicted octanol–water partition coefficient (Wildman–Crippen LogP) is 1.95. The molecular formula is C14H19N3O3. The summed E-state index contributed by atoms with van der Waals surface area (Å²) in [7, 11) is 0. The van der Waals surface area contributed by atoms with Crippen LogP contribution >= 0.6 is 0 Å². The molecule has 0 aromatic carbocycles. The molecule has 0 aromatic rings. The van der Waals surface area contributed by atoms with Crippen LogP contribution in [-0.4, -0.2) is 35.9 Å². The number of aliphatic imine (C=N–C) groups is 3. The van der Waals surface area contributed by atoms with Crippen LogP contribution in [0, 0.1) is 11.3 Å². The molecule has 3 unspecified atom stereocenters. The maximum Gasteiger partial charge on any atom is 0.235 e. The van der Waals surface area contributed by atoms with Crippen LogP contribution in [0.1, 0.15) is 40.5 Å². The van der Waals surface area contributed by atoms with E-state index >= 15 is 0 Å². The Morgan fingerprint density at radius 1 is 1.00 bits per heavy atom. The van der Waals surface area contributed by atoms with Crippen molar-refractivity contribution in [3.05, 3.63) is 0 Å². The minimum absolute atomic E-state index is 0.0420. The van der Waals surface area contributed by atoms with Crippen LogP contribution in [-0.2, 0) is 14.4 Å². The molecule has 0 heterocycles. The highest BCUT2D eigenvalue weighted by molar-refractivity contribution is 5.39. The lowest BCUT2D eigenvalue weighted by Gasteiger charge is -2.52. The number of nitrogens with zero attached hydrogens (tertiary/aromatic N) is 3. The van der Waals surface area contributed by atoms with Crippen LogP contribution in [0.2, 0.25) is 0 Å². The molecule has 1 rings (SSSR count). The molecule has 0 aliphatic heterocycles. The van der Waals surface area contributed by atoms with Crippen LogP contribution < -0.4 is 0 Å². The van der Waals surface area contributed by atoms with Crippen molar-refractivity contribution in [2.45, 2.75) is 51.6 Å². The monoisotopic (exact) mass is 277 g/mol. The topological polar surface area (TPSA) is 88.3 Å². The van der Waals surface area contributed by atoms with E-state index in [1.165, 1.54) is 6.08 Å². The lowest BCUT2D eigenvalue weighted by Crippen LogP contribution is -2.57. The first-order valence-corrected chi connectivity index (χ1v) is 6.47. The highest BCUT2D eigenvalue weighted by Gasteiger charge is 2.55. The summed E-state index contributed by atoms with van der Waals surface area (Å²) in [5.74, 6) is -0.247. The standard InChI is InChI=1S/C14H19N3O3/c1-11-13(4,16-9-19)5-12(2,3)6-14(11,17-10-20)7-15-8-18/h11H,5-7H2,1-4H3. The number of hydrogen-bond donors (Lipinski definition) is 0. The Labute approximate surface area is 118 Å². The van der Waals surface area contributed by atoms with Crippen molar-refractivity contribution in [2.75, 3.05) is 6.54 Å². The maximum absolute atomic E-state index is 10.8. The minimum atomic E-state index is -0.893. The van der Waals surface area contributed by atoms with Gasteiger partial charge in [-0.05, 0) is 25.2 Å². The molecule has 1 aliphatic rings. The van der Waals surface area contributed by atoms with E-state index in [1.807, 2.05) is 27.7 Å². The summed E-state index contributed by atoms with van der Waals surface area (Å²) < 4.78 is 0. The summed E-state index contributed by atoms with van der Waals surface area (Å²) in [5.41, 5.74) is -1.81. The van der Waals surface area contributed by atoms with Crippen molar-refractivity contribution < 1.29 is 14.4 Å². The zero-order valence-corrected chi connectivity index (χ0v) is 12.3. The highest BCUT2D eigenvalue weighted by atomic mass is 16.1. The van der Waals surface area contributed by atoms with Gasteiger partial charge >= 0.3 is 0 Å². The Morgan fingerprint density at radius 3 is 2.10 bits per heavy atom. The minimum Gasteiger partial charge on any atom is -0.211 e. The second-order valence-electron chi connectivity index (χ2n) is 6.51. The molecule has 6 nitrogen and oxygen atoms in total. The summed E-state index contributed by atoms with van der Waals surface area (Å²) >= 11 is 0. The zero-order chi connectivity index (χ0) is 15.4. The van der Waals surface area contributed by atoms with Gasteiger partial charge in [0.25, 0.3) is 0 Å². The smallest absolute Gasteiger partial charge is 0.211 e. The number of carbonyl (C=O) groups excluding carboxylic acids is 3. The average molecular weight is 277 g/mol. The van der Waals surface area contributed by atoms with Gasteiger partial charge in [-0.25, -0.2) is 19.4 Å². The molecule has 1 saturated carbocycles. The van der Waals surface area contributed by atoms with E-state index in [4.69, 9.17) is 0 Å². The molecule has 0 spiro atoms. The Balaban J connectivity index is 3.43. The third-order valence-corrected chi connectivity index (χ3v) is 4.35. The van der Waals surface area contributed by atoms with Gasteiger partial charge in [0.1, 0.15) is 0 Å². The number of hydrogen-bond acceptors (Lipinski definition) is 6. The van der Waals surface area contributed by atoms with Crippen LogP contribution in [0.25, 0.3) is 0 Å². The molecule has 108 valence electrons. The van der Waals surface area contributed by atoms with Crippen molar-refractivity contribution in [3.63, 3.8) is 0 Å². The molecule has 1 aliphatic carbocycles. The van der Waals surface area contributed by atoms with E-state index in [9.17, 15) is 14.4 Å². The first-order valence-electron chi connectivity index (χ1n) is 6.47. The Morgan fingerprint density at radius 2 is 1.60 bits per heavy atom. The molecular weight excluding hydrogens is 258 g/mol. The second-order valence-corrected chi connectivity index (χ2v) is 6.51. The molecule has 1 fully saturated rings. The third-order valence-electron chi connectivity index (χ3n) is 4.35. The first kappa shape index (κ1) is 16.2. The molecule has 20 heavy (non-hydrogen) atoms. The van der Waals surface area contributed by atoms with Crippen molar-refractivity contribution in [2.24, 2.45) is 26.3 Å². The van der Waals surface area contributed by atoms with Gasteiger partial charge in [0.05, 0.1) is 17.6 Å². The van der Waals surface area contributed by atoms with Crippen LogP contribution in [0.15, 0.2) is 15.0 Å². The highest BCUT2D eigenvalue weighted by Crippen LogP contribution is 2.52. The van der Waals surface area contributed by atoms with Crippen LogP contribution in [0.3, 0.4) is 0 Å². The van der Waals surface area contributed by atoms with Crippen molar-refractivity contribution >= 4 is 18.2 Å². The van der Waals surface area contributed by atoms with Gasteiger partial charge in [-0.15, -0.1) is 0 Å². The van der Waals surface area contributed by atoms with Crippen LogP contribution in [0.5, 0.6) is 0 Å². The SMILES string of the molecule is CC1C(C)(N=C=O)CC(C)(C)CC1(CN=C=O)N=C=O. The number of isocyanates is 3. The largest absolute Gasteiger partial charge is 0.235 e. The van der Waals surface area contributed by atoms with Crippen LogP contribution in [0.4, 0.5) is 0 Å². The molecule has 0 radical (unpaired) electrons. The van der Waals surface area contributed by atoms with E-state index < -0.39 is 11.1 Å². The van der Waals surface area contributed by atoms with Crippen molar-refractivity contribution in [1.82, 2.24) is 0 Å². The van der Waals surface area contributed by atoms with Crippen molar-refractivity contribution in [1.29, 1.82) is 0 Å². The summed E-state index contributed by atoms with van der Waals surface area (Å²) in [6.45, 7) is 7.76. The summed E-state index contributed by atoms with van der Waals surface area (Å²) in [6.07, 6.45) is 5.90. The average Bonchev–Trinajstić information content (AvgIpc) is 2.33. The predicted molar refractivity (Wildman–Crippen MR) is 72.5 cm³/mol. The fourth-order valence-corrected chi connectivity index (χ4v) is 3.61. The van der Waals surface area contributed by atoms with Gasteiger partial charge in [0.2, 0.25) is 18.2 Å². The Kier molecular flexibility index (Phi) is 4.57. The fourth-order valence-electron chi connectivity index (χ4n) is 3.61. The third kappa shape index (κ3) is 3.00. The van der Waals surface area contributed by atoms with Gasteiger partial charge in [-0.1, -0.05) is 20.8 Å². The second kappa shape index (κ2) is 5.64. The van der Waals surface area contributed by atoms with Gasteiger partial charge in [-0.2, -0.15) is 9.98 Å². The first-order chi connectivity index (χ1) is 9.25. The van der Waals surface area contributed by atoms with Crippen molar-refractivity contribution in [3.8, 4) is 0 Å². The van der Waals surface area contributed by atoms with Gasteiger partial charge < -0.3 is 0 Å². The van der Waals surface area contributed by atoms with Gasteiger partial charge in [-0.3, -0.25) is 0 Å². The normalized spacial score (nSPS) is 35.1. The Hall–Kier alpha value is -1.86. The van der Waals surface area contributed by atoms with Gasteiger partial charge in [0, 0.05) is 5.92 Å². The summed E-state index contributed by atoms with van der Waals surface area (Å²) in [4.78, 5) is 43.5. The molecule has 0 aromatic heterocycles. The van der Waals surface area contributed by atoms with E-state index in [0.29, 0.717) is 12.8 Å². The Bertz CT molecular complexity index is 526. The fraction of sp³-hybridized carbons (Fsp3) is 0.786. The van der Waals surface area contributed by atoms with E-state index in [0.717, 1.165) is 0 Å². The molecule has 0 amide bonds.